The average Bonchev–Trinajstić information content (AvgIpc) is 2.47. The molecule has 0 amide bonds. The Morgan fingerprint density at radius 3 is 2.85 bits per heavy atom. The van der Waals surface area contributed by atoms with Gasteiger partial charge in [0.2, 0.25) is 5.82 Å². The lowest BCUT2D eigenvalue weighted by molar-refractivity contribution is -0.384. The highest BCUT2D eigenvalue weighted by molar-refractivity contribution is 5.58. The molecule has 1 rings (SSSR count). The monoisotopic (exact) mass is 276 g/mol. The smallest absolute Gasteiger partial charge is 0.312 e. The van der Waals surface area contributed by atoms with E-state index in [1.807, 2.05) is 6.07 Å². The molecule has 0 saturated carbocycles. The van der Waals surface area contributed by atoms with E-state index in [1.54, 1.807) is 0 Å². The molecule has 0 bridgehead atoms. The number of nitrogens with zero attached hydrogens (tertiary/aromatic N) is 3. The predicted molar refractivity (Wildman–Crippen MR) is 77.4 cm³/mol. The van der Waals surface area contributed by atoms with Crippen molar-refractivity contribution in [2.45, 2.75) is 39.5 Å². The third-order valence-electron chi connectivity index (χ3n) is 3.29. The van der Waals surface area contributed by atoms with Crippen LogP contribution in [0.5, 0.6) is 0 Å². The quantitative estimate of drug-likeness (QED) is 0.579. The van der Waals surface area contributed by atoms with E-state index in [2.05, 4.69) is 24.1 Å². The molecule has 20 heavy (non-hydrogen) atoms. The molecule has 1 aromatic rings. The summed E-state index contributed by atoms with van der Waals surface area (Å²) in [5, 5.41) is 22.8. The Labute approximate surface area is 119 Å². The maximum atomic E-state index is 11.0. The SMILES string of the molecule is CCCCC(CC)CNc1ncc(C#N)cc1[N+](=O)[O-]. The first-order valence-electron chi connectivity index (χ1n) is 6.90. The molecular weight excluding hydrogens is 256 g/mol. The van der Waals surface area contributed by atoms with Crippen LogP contribution in [0.15, 0.2) is 12.3 Å². The predicted octanol–water partition coefficient (Wildman–Crippen LogP) is 3.49. The molecule has 0 aromatic carbocycles. The number of hydrogen-bond donors (Lipinski definition) is 1. The fourth-order valence-corrected chi connectivity index (χ4v) is 1.97. The van der Waals surface area contributed by atoms with Gasteiger partial charge in [-0.1, -0.05) is 33.1 Å². The summed E-state index contributed by atoms with van der Waals surface area (Å²) in [5.74, 6) is 0.718. The average molecular weight is 276 g/mol. The first kappa shape index (κ1) is 15.9. The van der Waals surface area contributed by atoms with Crippen LogP contribution in [0.3, 0.4) is 0 Å². The van der Waals surface area contributed by atoms with Gasteiger partial charge < -0.3 is 5.32 Å². The minimum atomic E-state index is -0.511. The Morgan fingerprint density at radius 2 is 2.30 bits per heavy atom. The van der Waals surface area contributed by atoms with Gasteiger partial charge in [-0.3, -0.25) is 10.1 Å². The van der Waals surface area contributed by atoms with E-state index in [0.717, 1.165) is 25.7 Å². The van der Waals surface area contributed by atoms with E-state index < -0.39 is 4.92 Å². The minimum Gasteiger partial charge on any atom is -0.364 e. The number of rotatable bonds is 8. The van der Waals surface area contributed by atoms with Crippen molar-refractivity contribution in [3.63, 3.8) is 0 Å². The highest BCUT2D eigenvalue weighted by Gasteiger charge is 2.17. The van der Waals surface area contributed by atoms with Crippen LogP contribution in [-0.4, -0.2) is 16.5 Å². The Kier molecular flexibility index (Phi) is 6.44. The van der Waals surface area contributed by atoms with Crippen LogP contribution >= 0.6 is 0 Å². The second-order valence-electron chi connectivity index (χ2n) is 4.76. The lowest BCUT2D eigenvalue weighted by Crippen LogP contribution is -2.15. The first-order valence-corrected chi connectivity index (χ1v) is 6.90. The van der Waals surface area contributed by atoms with E-state index in [4.69, 9.17) is 5.26 Å². The van der Waals surface area contributed by atoms with Crippen LogP contribution in [0.2, 0.25) is 0 Å². The number of hydrogen-bond acceptors (Lipinski definition) is 5. The van der Waals surface area contributed by atoms with Gasteiger partial charge in [0.05, 0.1) is 10.5 Å². The highest BCUT2D eigenvalue weighted by Crippen LogP contribution is 2.23. The molecule has 0 aliphatic carbocycles. The van der Waals surface area contributed by atoms with Gasteiger partial charge in [-0.2, -0.15) is 5.26 Å². The standard InChI is InChI=1S/C14H20N4O2/c1-3-5-6-11(4-2)9-16-14-13(18(19)20)7-12(8-15)10-17-14/h7,10-11H,3-6,9H2,1-2H3,(H,16,17). The van der Waals surface area contributed by atoms with Gasteiger partial charge >= 0.3 is 5.69 Å². The second-order valence-corrected chi connectivity index (χ2v) is 4.76. The van der Waals surface area contributed by atoms with Crippen molar-refractivity contribution in [1.29, 1.82) is 5.26 Å². The molecule has 0 aliphatic rings. The summed E-state index contributed by atoms with van der Waals surface area (Å²) in [6.07, 6.45) is 5.78. The third kappa shape index (κ3) is 4.50. The molecule has 1 unspecified atom stereocenters. The van der Waals surface area contributed by atoms with Crippen molar-refractivity contribution >= 4 is 11.5 Å². The Morgan fingerprint density at radius 1 is 1.55 bits per heavy atom. The maximum Gasteiger partial charge on any atom is 0.312 e. The fourth-order valence-electron chi connectivity index (χ4n) is 1.97. The molecule has 0 fully saturated rings. The van der Waals surface area contributed by atoms with Gasteiger partial charge in [0.1, 0.15) is 6.07 Å². The molecule has 1 heterocycles. The molecule has 1 N–H and O–H groups in total. The highest BCUT2D eigenvalue weighted by atomic mass is 16.6. The van der Waals surface area contributed by atoms with Gasteiger partial charge in [-0.25, -0.2) is 4.98 Å². The fraction of sp³-hybridized carbons (Fsp3) is 0.571. The van der Waals surface area contributed by atoms with E-state index in [-0.39, 0.29) is 17.1 Å². The summed E-state index contributed by atoms with van der Waals surface area (Å²) in [6.45, 7) is 4.92. The zero-order chi connectivity index (χ0) is 15.0. The summed E-state index contributed by atoms with van der Waals surface area (Å²) in [5.41, 5.74) is 0.0506. The van der Waals surface area contributed by atoms with Crippen molar-refractivity contribution in [3.05, 3.63) is 27.9 Å². The largest absolute Gasteiger partial charge is 0.364 e. The summed E-state index contributed by atoms with van der Waals surface area (Å²) in [4.78, 5) is 14.5. The zero-order valence-corrected chi connectivity index (χ0v) is 11.9. The lowest BCUT2D eigenvalue weighted by atomic mass is 9.99. The molecule has 0 radical (unpaired) electrons. The van der Waals surface area contributed by atoms with Crippen LogP contribution in [0.25, 0.3) is 0 Å². The molecule has 6 heteroatoms. The Hall–Kier alpha value is -2.16. The molecule has 1 aromatic heterocycles. The molecule has 0 spiro atoms. The Balaban J connectivity index is 2.76. The number of nitriles is 1. The van der Waals surface area contributed by atoms with Crippen LogP contribution in [0.1, 0.15) is 45.1 Å². The van der Waals surface area contributed by atoms with Gasteiger partial charge in [-0.05, 0) is 12.3 Å². The number of nitro groups is 1. The topological polar surface area (TPSA) is 91.8 Å². The molecule has 0 saturated heterocycles. The molecular formula is C14H20N4O2. The van der Waals surface area contributed by atoms with Gasteiger partial charge in [0, 0.05) is 18.8 Å². The molecule has 6 nitrogen and oxygen atoms in total. The maximum absolute atomic E-state index is 11.0. The number of aromatic nitrogens is 1. The van der Waals surface area contributed by atoms with Crippen LogP contribution in [-0.2, 0) is 0 Å². The summed E-state index contributed by atoms with van der Waals surface area (Å²) >= 11 is 0. The van der Waals surface area contributed by atoms with Crippen LogP contribution in [0.4, 0.5) is 11.5 Å². The third-order valence-corrected chi connectivity index (χ3v) is 3.29. The van der Waals surface area contributed by atoms with E-state index >= 15 is 0 Å². The van der Waals surface area contributed by atoms with Gasteiger partial charge in [0.15, 0.2) is 0 Å². The van der Waals surface area contributed by atoms with Crippen LogP contribution in [0, 0.1) is 27.4 Å². The number of anilines is 1. The van der Waals surface area contributed by atoms with Gasteiger partial charge in [0.25, 0.3) is 0 Å². The molecule has 1 atom stereocenters. The number of nitrogens with one attached hydrogen (secondary N) is 1. The number of unbranched alkanes of at least 4 members (excludes halogenated alkanes) is 1. The first-order chi connectivity index (χ1) is 9.62. The van der Waals surface area contributed by atoms with Gasteiger partial charge in [-0.15, -0.1) is 0 Å². The van der Waals surface area contributed by atoms with Crippen molar-refractivity contribution in [1.82, 2.24) is 4.98 Å². The summed E-state index contributed by atoms with van der Waals surface area (Å²) < 4.78 is 0. The van der Waals surface area contributed by atoms with Crippen molar-refractivity contribution in [3.8, 4) is 6.07 Å². The zero-order valence-electron chi connectivity index (χ0n) is 11.9. The van der Waals surface area contributed by atoms with Crippen molar-refractivity contribution in [2.75, 3.05) is 11.9 Å². The second kappa shape index (κ2) is 8.10. The van der Waals surface area contributed by atoms with Crippen molar-refractivity contribution in [2.24, 2.45) is 5.92 Å². The van der Waals surface area contributed by atoms with E-state index in [0.29, 0.717) is 12.5 Å². The number of pyridine rings is 1. The Bertz CT molecular complexity index is 496. The normalized spacial score (nSPS) is 11.7. The molecule has 0 aliphatic heterocycles. The van der Waals surface area contributed by atoms with E-state index in [9.17, 15) is 10.1 Å². The minimum absolute atomic E-state index is 0.144. The van der Waals surface area contributed by atoms with Crippen LogP contribution < -0.4 is 5.32 Å². The van der Waals surface area contributed by atoms with E-state index in [1.165, 1.54) is 12.3 Å². The summed E-state index contributed by atoms with van der Waals surface area (Å²) in [6, 6.07) is 3.11. The molecule has 108 valence electrons. The van der Waals surface area contributed by atoms with Crippen molar-refractivity contribution < 1.29 is 4.92 Å². The summed E-state index contributed by atoms with van der Waals surface area (Å²) in [7, 11) is 0. The lowest BCUT2D eigenvalue weighted by Gasteiger charge is -2.15.